The van der Waals surface area contributed by atoms with Crippen LogP contribution in [0.25, 0.3) is 16.6 Å². The van der Waals surface area contributed by atoms with Crippen molar-refractivity contribution in [3.05, 3.63) is 52.8 Å². The summed E-state index contributed by atoms with van der Waals surface area (Å²) in [4.78, 5) is 51.9. The molecule has 0 saturated carbocycles. The summed E-state index contributed by atoms with van der Waals surface area (Å²) in [5.41, 5.74) is 2.36. The van der Waals surface area contributed by atoms with Gasteiger partial charge in [0.25, 0.3) is 5.91 Å². The van der Waals surface area contributed by atoms with Crippen LogP contribution < -0.4 is 4.90 Å². The quantitative estimate of drug-likeness (QED) is 0.302. The summed E-state index contributed by atoms with van der Waals surface area (Å²) in [6, 6.07) is 5.63. The Morgan fingerprint density at radius 2 is 1.78 bits per heavy atom. The molecule has 3 amide bonds. The summed E-state index contributed by atoms with van der Waals surface area (Å²) in [5.74, 6) is -0.143. The number of imidazole rings is 1. The summed E-state index contributed by atoms with van der Waals surface area (Å²) in [6.45, 7) is 16.0. The van der Waals surface area contributed by atoms with Crippen molar-refractivity contribution in [3.8, 4) is 11.1 Å². The highest BCUT2D eigenvalue weighted by Crippen LogP contribution is 2.38. The van der Waals surface area contributed by atoms with Gasteiger partial charge < -0.3 is 19.4 Å². The van der Waals surface area contributed by atoms with Crippen molar-refractivity contribution >= 4 is 40.7 Å². The zero-order chi connectivity index (χ0) is 33.5. The number of carbonyl (C=O) groups excluding carboxylic acids is 3. The number of anilines is 1. The maximum atomic E-state index is 14.6. The Labute approximate surface area is 275 Å². The maximum absolute atomic E-state index is 14.6. The number of halogens is 2. The number of likely N-dealkylation sites (tertiary alicyclic amines) is 1. The molecule has 5 rings (SSSR count). The van der Waals surface area contributed by atoms with Crippen molar-refractivity contribution in [2.24, 2.45) is 0 Å². The van der Waals surface area contributed by atoms with Crippen molar-refractivity contribution in [1.29, 1.82) is 0 Å². The van der Waals surface area contributed by atoms with Crippen LogP contribution in [0.4, 0.5) is 14.9 Å². The van der Waals surface area contributed by atoms with E-state index in [1.165, 1.54) is 12.1 Å². The SMILES string of the molecule is CCN(C(=O)c1cc(F)ccc1-c1cc(N2CCN(C(=O)[C@@H]3CCCN3C(=O)OC(C)(C)C)CC2)c(Cl)n2c(C)ncc12)C(C)C. The Morgan fingerprint density at radius 3 is 2.41 bits per heavy atom. The van der Waals surface area contributed by atoms with Gasteiger partial charge in [-0.3, -0.25) is 18.9 Å². The van der Waals surface area contributed by atoms with Gasteiger partial charge in [0, 0.05) is 50.9 Å². The van der Waals surface area contributed by atoms with E-state index in [4.69, 9.17) is 16.3 Å². The maximum Gasteiger partial charge on any atom is 0.410 e. The summed E-state index contributed by atoms with van der Waals surface area (Å²) < 4.78 is 22.0. The Morgan fingerprint density at radius 1 is 1.09 bits per heavy atom. The fourth-order valence-electron chi connectivity index (χ4n) is 6.47. The number of hydrogen-bond acceptors (Lipinski definition) is 6. The molecule has 2 aliphatic heterocycles. The Kier molecular flexibility index (Phi) is 9.54. The number of benzene rings is 1. The summed E-state index contributed by atoms with van der Waals surface area (Å²) in [5, 5.41) is 0.466. The standard InChI is InChI=1S/C34H44ClFN6O4/c1-8-40(21(2)3)31(43)26-18-23(36)11-12-24(26)25-19-28(30(35)42-22(4)37-20-29(25)42)38-14-16-39(17-15-38)32(44)27-10-9-13-41(27)33(45)46-34(5,6)7/h11-12,18-21,27H,8-10,13-17H2,1-7H3/t27-/m0/s1. The summed E-state index contributed by atoms with van der Waals surface area (Å²) in [7, 11) is 0. The fraction of sp³-hybridized carbons (Fsp3) is 0.529. The first-order valence-corrected chi connectivity index (χ1v) is 16.4. The van der Waals surface area contributed by atoms with Gasteiger partial charge in [-0.1, -0.05) is 17.7 Å². The third-order valence-corrected chi connectivity index (χ3v) is 9.09. The highest BCUT2D eigenvalue weighted by molar-refractivity contribution is 6.32. The van der Waals surface area contributed by atoms with Crippen LogP contribution in [-0.4, -0.2) is 98.9 Å². The van der Waals surface area contributed by atoms with E-state index in [1.807, 2.05) is 63.8 Å². The van der Waals surface area contributed by atoms with Gasteiger partial charge in [-0.2, -0.15) is 0 Å². The first kappa shape index (κ1) is 33.5. The zero-order valence-corrected chi connectivity index (χ0v) is 28.5. The number of aromatic nitrogens is 2. The van der Waals surface area contributed by atoms with E-state index in [2.05, 4.69) is 9.88 Å². The van der Waals surface area contributed by atoms with Crippen molar-refractivity contribution in [2.45, 2.75) is 79.0 Å². The number of ether oxygens (including phenoxy) is 1. The van der Waals surface area contributed by atoms with Crippen LogP contribution in [-0.2, 0) is 9.53 Å². The number of hydrogen-bond donors (Lipinski definition) is 0. The molecule has 12 heteroatoms. The second-order valence-corrected chi connectivity index (χ2v) is 13.6. The van der Waals surface area contributed by atoms with Crippen molar-refractivity contribution in [3.63, 3.8) is 0 Å². The van der Waals surface area contributed by atoms with Crippen LogP contribution in [0.5, 0.6) is 0 Å². The van der Waals surface area contributed by atoms with E-state index in [0.717, 1.165) is 12.1 Å². The molecule has 4 heterocycles. The van der Waals surface area contributed by atoms with Gasteiger partial charge in [0.1, 0.15) is 28.4 Å². The lowest BCUT2D eigenvalue weighted by Gasteiger charge is -2.39. The summed E-state index contributed by atoms with van der Waals surface area (Å²) in [6.07, 6.45) is 2.61. The van der Waals surface area contributed by atoms with Crippen LogP contribution in [0, 0.1) is 12.7 Å². The lowest BCUT2D eigenvalue weighted by molar-refractivity contribution is -0.136. The average molecular weight is 655 g/mol. The number of amides is 3. The van der Waals surface area contributed by atoms with Crippen LogP contribution >= 0.6 is 11.6 Å². The first-order valence-electron chi connectivity index (χ1n) is 16.0. The van der Waals surface area contributed by atoms with Gasteiger partial charge >= 0.3 is 6.09 Å². The van der Waals surface area contributed by atoms with Crippen molar-refractivity contribution in [1.82, 2.24) is 24.1 Å². The number of rotatable bonds is 6. The molecular formula is C34H44ClFN6O4. The van der Waals surface area contributed by atoms with Gasteiger partial charge in [-0.05, 0) is 85.1 Å². The van der Waals surface area contributed by atoms with E-state index in [1.54, 1.807) is 22.1 Å². The van der Waals surface area contributed by atoms with Gasteiger partial charge in [-0.25, -0.2) is 14.2 Å². The molecule has 248 valence electrons. The summed E-state index contributed by atoms with van der Waals surface area (Å²) >= 11 is 7.04. The predicted octanol–water partition coefficient (Wildman–Crippen LogP) is 6.02. The molecule has 46 heavy (non-hydrogen) atoms. The highest BCUT2D eigenvalue weighted by Gasteiger charge is 2.39. The number of aryl methyl sites for hydroxylation is 1. The topological polar surface area (TPSA) is 90.7 Å². The average Bonchev–Trinajstić information content (AvgIpc) is 3.64. The Bertz CT molecular complexity index is 1640. The lowest BCUT2D eigenvalue weighted by Crippen LogP contribution is -2.55. The molecule has 0 unspecified atom stereocenters. The van der Waals surface area contributed by atoms with E-state index in [9.17, 15) is 18.8 Å². The first-order chi connectivity index (χ1) is 21.7. The molecular weight excluding hydrogens is 611 g/mol. The molecule has 0 N–H and O–H groups in total. The molecule has 0 aliphatic carbocycles. The van der Waals surface area contributed by atoms with Crippen LogP contribution in [0.15, 0.2) is 30.5 Å². The monoisotopic (exact) mass is 654 g/mol. The molecule has 0 spiro atoms. The molecule has 1 aromatic carbocycles. The Hall–Kier alpha value is -3.86. The minimum absolute atomic E-state index is 0.0638. The van der Waals surface area contributed by atoms with Crippen LogP contribution in [0.2, 0.25) is 5.15 Å². The minimum atomic E-state index is -0.641. The second kappa shape index (κ2) is 13.1. The van der Waals surface area contributed by atoms with E-state index in [-0.39, 0.29) is 23.4 Å². The predicted molar refractivity (Wildman–Crippen MR) is 177 cm³/mol. The fourth-order valence-corrected chi connectivity index (χ4v) is 6.86. The zero-order valence-electron chi connectivity index (χ0n) is 27.8. The molecule has 0 bridgehead atoms. The van der Waals surface area contributed by atoms with E-state index >= 15 is 0 Å². The second-order valence-electron chi connectivity index (χ2n) is 13.3. The Balaban J connectivity index is 1.44. The van der Waals surface area contributed by atoms with Crippen molar-refractivity contribution in [2.75, 3.05) is 44.2 Å². The van der Waals surface area contributed by atoms with E-state index in [0.29, 0.717) is 73.3 Å². The molecule has 2 aromatic heterocycles. The molecule has 3 aromatic rings. The molecule has 10 nitrogen and oxygen atoms in total. The third kappa shape index (κ3) is 6.52. The third-order valence-electron chi connectivity index (χ3n) is 8.73. The van der Waals surface area contributed by atoms with Crippen LogP contribution in [0.1, 0.15) is 70.6 Å². The van der Waals surface area contributed by atoms with Gasteiger partial charge in [0.2, 0.25) is 5.91 Å². The minimum Gasteiger partial charge on any atom is -0.444 e. The van der Waals surface area contributed by atoms with Crippen molar-refractivity contribution < 1.29 is 23.5 Å². The number of carbonyl (C=O) groups is 3. The van der Waals surface area contributed by atoms with Gasteiger partial charge in [-0.15, -0.1) is 0 Å². The largest absolute Gasteiger partial charge is 0.444 e. The number of piperazine rings is 1. The smallest absolute Gasteiger partial charge is 0.410 e. The van der Waals surface area contributed by atoms with E-state index < -0.39 is 23.6 Å². The number of pyridine rings is 1. The molecule has 2 fully saturated rings. The molecule has 0 radical (unpaired) electrons. The number of fused-ring (bicyclic) bond motifs is 1. The lowest BCUT2D eigenvalue weighted by atomic mass is 9.97. The molecule has 2 saturated heterocycles. The molecule has 1 atom stereocenters. The molecule has 2 aliphatic rings. The number of nitrogens with zero attached hydrogens (tertiary/aromatic N) is 6. The van der Waals surface area contributed by atoms with Gasteiger partial charge in [0.15, 0.2) is 0 Å². The van der Waals surface area contributed by atoms with Gasteiger partial charge in [0.05, 0.1) is 23.0 Å². The normalized spacial score (nSPS) is 17.3. The highest BCUT2D eigenvalue weighted by atomic mass is 35.5. The van der Waals surface area contributed by atoms with Crippen LogP contribution in [0.3, 0.4) is 0 Å².